The Bertz CT molecular complexity index is 420. The van der Waals surface area contributed by atoms with E-state index in [2.05, 4.69) is 39.0 Å². The van der Waals surface area contributed by atoms with Gasteiger partial charge in [0.2, 0.25) is 0 Å². The Labute approximate surface area is 117 Å². The molecule has 1 saturated heterocycles. The van der Waals surface area contributed by atoms with Gasteiger partial charge >= 0.3 is 0 Å². The normalized spacial score (nSPS) is 23.2. The maximum absolute atomic E-state index is 9.65. The van der Waals surface area contributed by atoms with Gasteiger partial charge in [-0.2, -0.15) is 0 Å². The van der Waals surface area contributed by atoms with Gasteiger partial charge in [0.25, 0.3) is 0 Å². The molecule has 2 unspecified atom stereocenters. The summed E-state index contributed by atoms with van der Waals surface area (Å²) >= 11 is 3.62. The number of rotatable bonds is 3. The number of benzene rings is 1. The van der Waals surface area contributed by atoms with Gasteiger partial charge in [0, 0.05) is 29.5 Å². The molecular formula is C14H21BrN2O. The number of aliphatic hydroxyl groups excluding tert-OH is 1. The quantitative estimate of drug-likeness (QED) is 0.902. The molecule has 1 aliphatic heterocycles. The highest BCUT2D eigenvalue weighted by molar-refractivity contribution is 9.10. The molecule has 1 fully saturated rings. The average molecular weight is 313 g/mol. The molecular weight excluding hydrogens is 292 g/mol. The predicted molar refractivity (Wildman–Crippen MR) is 78.7 cm³/mol. The van der Waals surface area contributed by atoms with Crippen LogP contribution in [0.5, 0.6) is 0 Å². The molecule has 1 aromatic carbocycles. The fourth-order valence-electron chi connectivity index (χ4n) is 2.46. The van der Waals surface area contributed by atoms with Crippen molar-refractivity contribution >= 4 is 21.6 Å². The molecule has 1 aliphatic rings. The average Bonchev–Trinajstić information content (AvgIpc) is 2.78. The molecule has 0 bridgehead atoms. The lowest BCUT2D eigenvalue weighted by Crippen LogP contribution is -2.24. The summed E-state index contributed by atoms with van der Waals surface area (Å²) in [5.41, 5.74) is 8.21. The maximum Gasteiger partial charge on any atom is 0.0557 e. The van der Waals surface area contributed by atoms with E-state index in [4.69, 9.17) is 5.73 Å². The Hall–Kier alpha value is -0.580. The van der Waals surface area contributed by atoms with Crippen LogP contribution in [0.25, 0.3) is 0 Å². The topological polar surface area (TPSA) is 49.5 Å². The Balaban J connectivity index is 2.15. The second-order valence-electron chi connectivity index (χ2n) is 5.23. The van der Waals surface area contributed by atoms with Crippen molar-refractivity contribution in [1.82, 2.24) is 0 Å². The van der Waals surface area contributed by atoms with E-state index in [0.717, 1.165) is 29.5 Å². The van der Waals surface area contributed by atoms with Crippen molar-refractivity contribution in [1.29, 1.82) is 0 Å². The maximum atomic E-state index is 9.65. The van der Waals surface area contributed by atoms with Gasteiger partial charge in [0.15, 0.2) is 0 Å². The van der Waals surface area contributed by atoms with E-state index in [-0.39, 0.29) is 12.1 Å². The number of hydrogen-bond acceptors (Lipinski definition) is 3. The summed E-state index contributed by atoms with van der Waals surface area (Å²) in [5.74, 6) is 0.380. The van der Waals surface area contributed by atoms with Gasteiger partial charge in [-0.3, -0.25) is 0 Å². The first-order chi connectivity index (χ1) is 8.49. The third-order valence-electron chi connectivity index (χ3n) is 3.75. The molecule has 0 amide bonds. The second kappa shape index (κ2) is 5.59. The standard InChI is InChI=1S/C14H21BrN2O/c1-9(16)11-3-4-14(13(15)7-11)17-6-5-12(8-17)10(2)18/h3-4,7,9-10,12,18H,5-6,8,16H2,1-2H3/t9-,10?,12?/m0/s1. The third kappa shape index (κ3) is 2.87. The van der Waals surface area contributed by atoms with E-state index in [1.54, 1.807) is 0 Å². The van der Waals surface area contributed by atoms with Crippen LogP contribution >= 0.6 is 15.9 Å². The van der Waals surface area contributed by atoms with Crippen molar-refractivity contribution in [2.24, 2.45) is 11.7 Å². The zero-order valence-corrected chi connectivity index (χ0v) is 12.5. The zero-order valence-electron chi connectivity index (χ0n) is 10.9. The zero-order chi connectivity index (χ0) is 13.3. The van der Waals surface area contributed by atoms with Gasteiger partial charge in [-0.25, -0.2) is 0 Å². The van der Waals surface area contributed by atoms with Crippen molar-refractivity contribution in [3.05, 3.63) is 28.2 Å². The van der Waals surface area contributed by atoms with Crippen molar-refractivity contribution in [2.45, 2.75) is 32.4 Å². The van der Waals surface area contributed by atoms with Crippen molar-refractivity contribution in [3.63, 3.8) is 0 Å². The van der Waals surface area contributed by atoms with Crippen LogP contribution in [-0.4, -0.2) is 24.3 Å². The van der Waals surface area contributed by atoms with Crippen LogP contribution in [0.15, 0.2) is 22.7 Å². The molecule has 1 aromatic rings. The first-order valence-corrected chi connectivity index (χ1v) is 7.26. The van der Waals surface area contributed by atoms with Crippen molar-refractivity contribution in [3.8, 4) is 0 Å². The van der Waals surface area contributed by atoms with Gasteiger partial charge in [-0.05, 0) is 53.9 Å². The molecule has 4 heteroatoms. The molecule has 0 radical (unpaired) electrons. The Morgan fingerprint density at radius 1 is 1.44 bits per heavy atom. The summed E-state index contributed by atoms with van der Waals surface area (Å²) in [5, 5.41) is 9.65. The smallest absolute Gasteiger partial charge is 0.0557 e. The number of nitrogens with two attached hydrogens (primary N) is 1. The first-order valence-electron chi connectivity index (χ1n) is 6.47. The molecule has 0 saturated carbocycles. The van der Waals surface area contributed by atoms with Crippen LogP contribution in [-0.2, 0) is 0 Å². The third-order valence-corrected chi connectivity index (χ3v) is 4.38. The van der Waals surface area contributed by atoms with Crippen LogP contribution in [0.3, 0.4) is 0 Å². The number of hydrogen-bond donors (Lipinski definition) is 2. The summed E-state index contributed by atoms with van der Waals surface area (Å²) in [6.45, 7) is 5.79. The van der Waals surface area contributed by atoms with Crippen molar-refractivity contribution < 1.29 is 5.11 Å². The highest BCUT2D eigenvalue weighted by atomic mass is 79.9. The molecule has 0 aliphatic carbocycles. The molecule has 3 N–H and O–H groups in total. The van der Waals surface area contributed by atoms with Crippen LogP contribution < -0.4 is 10.6 Å². The van der Waals surface area contributed by atoms with Gasteiger partial charge in [0.1, 0.15) is 0 Å². The lowest BCUT2D eigenvalue weighted by molar-refractivity contribution is 0.136. The van der Waals surface area contributed by atoms with E-state index in [1.165, 1.54) is 5.69 Å². The van der Waals surface area contributed by atoms with E-state index < -0.39 is 0 Å². The highest BCUT2D eigenvalue weighted by Gasteiger charge is 2.27. The minimum Gasteiger partial charge on any atom is -0.393 e. The number of halogens is 1. The van der Waals surface area contributed by atoms with E-state index in [1.807, 2.05) is 13.8 Å². The fraction of sp³-hybridized carbons (Fsp3) is 0.571. The minimum absolute atomic E-state index is 0.0548. The van der Waals surface area contributed by atoms with Crippen LogP contribution in [0.1, 0.15) is 31.9 Å². The van der Waals surface area contributed by atoms with Gasteiger partial charge in [-0.1, -0.05) is 6.07 Å². The summed E-state index contributed by atoms with van der Waals surface area (Å²) in [4.78, 5) is 2.33. The van der Waals surface area contributed by atoms with Crippen LogP contribution in [0.4, 0.5) is 5.69 Å². The second-order valence-corrected chi connectivity index (χ2v) is 6.09. The molecule has 3 nitrogen and oxygen atoms in total. The summed E-state index contributed by atoms with van der Waals surface area (Å²) in [7, 11) is 0. The molecule has 0 spiro atoms. The lowest BCUT2D eigenvalue weighted by Gasteiger charge is -2.22. The number of aliphatic hydroxyl groups is 1. The minimum atomic E-state index is -0.225. The molecule has 18 heavy (non-hydrogen) atoms. The molecule has 0 aromatic heterocycles. The van der Waals surface area contributed by atoms with E-state index >= 15 is 0 Å². The summed E-state index contributed by atoms with van der Waals surface area (Å²) in [6.07, 6.45) is 0.830. The molecule has 1 heterocycles. The van der Waals surface area contributed by atoms with E-state index in [9.17, 15) is 5.11 Å². The van der Waals surface area contributed by atoms with Gasteiger partial charge < -0.3 is 15.7 Å². The van der Waals surface area contributed by atoms with Gasteiger partial charge in [-0.15, -0.1) is 0 Å². The largest absolute Gasteiger partial charge is 0.393 e. The Kier molecular flexibility index (Phi) is 4.30. The Morgan fingerprint density at radius 2 is 2.17 bits per heavy atom. The summed E-state index contributed by atoms with van der Waals surface area (Å²) < 4.78 is 1.09. The monoisotopic (exact) mass is 312 g/mol. The van der Waals surface area contributed by atoms with Crippen molar-refractivity contribution in [2.75, 3.05) is 18.0 Å². The fourth-order valence-corrected chi connectivity index (χ4v) is 3.11. The first kappa shape index (κ1) is 13.8. The lowest BCUT2D eigenvalue weighted by atomic mass is 10.0. The van der Waals surface area contributed by atoms with Gasteiger partial charge in [0.05, 0.1) is 11.8 Å². The summed E-state index contributed by atoms with van der Waals surface area (Å²) in [6, 6.07) is 6.35. The molecule has 100 valence electrons. The highest BCUT2D eigenvalue weighted by Crippen LogP contribution is 2.33. The Morgan fingerprint density at radius 3 is 2.67 bits per heavy atom. The predicted octanol–water partition coefficient (Wildman–Crippen LogP) is 2.68. The van der Waals surface area contributed by atoms with E-state index in [0.29, 0.717) is 5.92 Å². The number of anilines is 1. The SMILES string of the molecule is CC(O)C1CCN(c2ccc([C@H](C)N)cc2Br)C1. The number of nitrogens with zero attached hydrogens (tertiary/aromatic N) is 1. The molecule has 3 atom stereocenters. The van der Waals surface area contributed by atoms with Crippen LogP contribution in [0, 0.1) is 5.92 Å². The van der Waals surface area contributed by atoms with Crippen LogP contribution in [0.2, 0.25) is 0 Å². The molecule has 2 rings (SSSR count).